The fraction of sp³-hybridized carbons (Fsp3) is 0.294. The molecule has 1 aliphatic rings. The zero-order valence-electron chi connectivity index (χ0n) is 12.0. The molecule has 2 aromatic rings. The Labute approximate surface area is 123 Å². The van der Waals surface area contributed by atoms with Gasteiger partial charge >= 0.3 is 0 Å². The molecule has 0 radical (unpaired) electrons. The Hall–Kier alpha value is -2.36. The number of aromatic amines is 1. The number of aromatic nitrogens is 1. The largest absolute Gasteiger partial charge is 0.364 e. The minimum absolute atomic E-state index is 0.172. The summed E-state index contributed by atoms with van der Waals surface area (Å²) >= 11 is 0. The normalized spacial score (nSPS) is 18.0. The molecule has 0 saturated carbocycles. The third kappa shape index (κ3) is 2.75. The number of likely N-dealkylation sites (tertiary alicyclic amines) is 1. The Morgan fingerprint density at radius 3 is 2.76 bits per heavy atom. The van der Waals surface area contributed by atoms with Crippen molar-refractivity contribution in [3.8, 4) is 0 Å². The van der Waals surface area contributed by atoms with Gasteiger partial charge in [-0.25, -0.2) is 0 Å². The molecule has 0 aliphatic carbocycles. The van der Waals surface area contributed by atoms with Crippen molar-refractivity contribution in [2.75, 3.05) is 13.1 Å². The smallest absolute Gasteiger partial charge is 0.259 e. The number of rotatable bonds is 2. The van der Waals surface area contributed by atoms with E-state index in [9.17, 15) is 9.59 Å². The van der Waals surface area contributed by atoms with E-state index in [0.717, 1.165) is 12.1 Å². The first kappa shape index (κ1) is 13.6. The van der Waals surface area contributed by atoms with Crippen LogP contribution in [0.5, 0.6) is 0 Å². The van der Waals surface area contributed by atoms with Crippen molar-refractivity contribution in [3.63, 3.8) is 0 Å². The van der Waals surface area contributed by atoms with Crippen LogP contribution in [0.4, 0.5) is 0 Å². The van der Waals surface area contributed by atoms with Crippen LogP contribution in [0.2, 0.25) is 0 Å². The molecule has 1 aromatic carbocycles. The lowest BCUT2D eigenvalue weighted by Crippen LogP contribution is -2.32. The summed E-state index contributed by atoms with van der Waals surface area (Å²) in [7, 11) is 0. The summed E-state index contributed by atoms with van der Waals surface area (Å²) in [5, 5.41) is 0. The Kier molecular flexibility index (Phi) is 3.60. The van der Waals surface area contributed by atoms with Gasteiger partial charge in [-0.15, -0.1) is 0 Å². The molecule has 1 unspecified atom stereocenters. The first-order valence-corrected chi connectivity index (χ1v) is 7.18. The van der Waals surface area contributed by atoms with Gasteiger partial charge in [0.15, 0.2) is 5.43 Å². The quantitative estimate of drug-likeness (QED) is 0.919. The van der Waals surface area contributed by atoms with Crippen LogP contribution in [0.15, 0.2) is 47.4 Å². The predicted octanol–water partition coefficient (Wildman–Crippen LogP) is 2.31. The molecule has 0 bridgehead atoms. The van der Waals surface area contributed by atoms with Gasteiger partial charge in [-0.05, 0) is 18.9 Å². The molecule has 0 spiro atoms. The van der Waals surface area contributed by atoms with Gasteiger partial charge in [0.05, 0.1) is 0 Å². The van der Waals surface area contributed by atoms with Crippen LogP contribution in [-0.2, 0) is 0 Å². The van der Waals surface area contributed by atoms with Crippen LogP contribution in [0.25, 0.3) is 0 Å². The van der Waals surface area contributed by atoms with Crippen molar-refractivity contribution in [1.29, 1.82) is 0 Å². The molecular formula is C17H18N2O2. The minimum Gasteiger partial charge on any atom is -0.364 e. The first-order valence-electron chi connectivity index (χ1n) is 7.18. The Bertz CT molecular complexity index is 706. The third-order valence-electron chi connectivity index (χ3n) is 4.03. The predicted molar refractivity (Wildman–Crippen MR) is 81.5 cm³/mol. The number of nitrogens with one attached hydrogen (secondary N) is 1. The molecular weight excluding hydrogens is 264 g/mol. The Morgan fingerprint density at radius 1 is 1.29 bits per heavy atom. The van der Waals surface area contributed by atoms with Crippen molar-refractivity contribution in [2.45, 2.75) is 19.3 Å². The zero-order valence-corrected chi connectivity index (χ0v) is 12.0. The number of pyridine rings is 1. The minimum atomic E-state index is -0.209. The number of hydrogen-bond acceptors (Lipinski definition) is 2. The van der Waals surface area contributed by atoms with Crippen LogP contribution in [0, 0.1) is 6.92 Å². The number of benzene rings is 1. The number of hydrogen-bond donors (Lipinski definition) is 1. The van der Waals surface area contributed by atoms with Gasteiger partial charge in [-0.1, -0.05) is 30.3 Å². The van der Waals surface area contributed by atoms with E-state index < -0.39 is 0 Å². The van der Waals surface area contributed by atoms with Gasteiger partial charge in [-0.3, -0.25) is 9.59 Å². The average molecular weight is 282 g/mol. The van der Waals surface area contributed by atoms with Crippen molar-refractivity contribution in [1.82, 2.24) is 9.88 Å². The molecule has 1 N–H and O–H groups in total. The number of nitrogens with zero attached hydrogens (tertiary/aromatic N) is 1. The van der Waals surface area contributed by atoms with Crippen LogP contribution in [-0.4, -0.2) is 28.9 Å². The fourth-order valence-electron chi connectivity index (χ4n) is 2.85. The summed E-state index contributed by atoms with van der Waals surface area (Å²) in [6.07, 6.45) is 2.47. The lowest BCUT2D eigenvalue weighted by atomic mass is 9.99. The maximum atomic E-state index is 12.5. The Morgan fingerprint density at radius 2 is 2.05 bits per heavy atom. The number of carbonyl (C=O) groups is 1. The number of carbonyl (C=O) groups excluding carboxylic acids is 1. The van der Waals surface area contributed by atoms with E-state index in [2.05, 4.69) is 17.1 Å². The lowest BCUT2D eigenvalue weighted by molar-refractivity contribution is 0.0789. The molecule has 2 heterocycles. The fourth-order valence-corrected chi connectivity index (χ4v) is 2.85. The molecule has 4 nitrogen and oxygen atoms in total. The van der Waals surface area contributed by atoms with E-state index in [1.54, 1.807) is 11.8 Å². The molecule has 1 aliphatic heterocycles. The van der Waals surface area contributed by atoms with E-state index in [4.69, 9.17) is 0 Å². The van der Waals surface area contributed by atoms with E-state index in [1.165, 1.54) is 17.8 Å². The monoisotopic (exact) mass is 282 g/mol. The van der Waals surface area contributed by atoms with Gasteiger partial charge in [0.25, 0.3) is 5.91 Å². The lowest BCUT2D eigenvalue weighted by Gasteiger charge is -2.16. The first-order chi connectivity index (χ1) is 10.1. The summed E-state index contributed by atoms with van der Waals surface area (Å²) in [6, 6.07) is 11.7. The van der Waals surface area contributed by atoms with E-state index in [1.807, 2.05) is 18.2 Å². The Balaban J connectivity index is 1.77. The van der Waals surface area contributed by atoms with E-state index in [-0.39, 0.29) is 16.9 Å². The van der Waals surface area contributed by atoms with Crippen molar-refractivity contribution < 1.29 is 4.79 Å². The molecule has 21 heavy (non-hydrogen) atoms. The second kappa shape index (κ2) is 5.56. The second-order valence-electron chi connectivity index (χ2n) is 5.54. The van der Waals surface area contributed by atoms with Crippen molar-refractivity contribution in [2.24, 2.45) is 0 Å². The van der Waals surface area contributed by atoms with Crippen molar-refractivity contribution in [3.05, 3.63) is 69.6 Å². The topological polar surface area (TPSA) is 53.2 Å². The molecule has 4 heteroatoms. The van der Waals surface area contributed by atoms with Gasteiger partial charge in [-0.2, -0.15) is 0 Å². The molecule has 1 aromatic heterocycles. The third-order valence-corrected chi connectivity index (χ3v) is 4.03. The maximum Gasteiger partial charge on any atom is 0.259 e. The van der Waals surface area contributed by atoms with E-state index >= 15 is 0 Å². The second-order valence-corrected chi connectivity index (χ2v) is 5.54. The van der Waals surface area contributed by atoms with Gasteiger partial charge in [0.2, 0.25) is 0 Å². The van der Waals surface area contributed by atoms with Gasteiger partial charge in [0.1, 0.15) is 5.56 Å². The summed E-state index contributed by atoms with van der Waals surface area (Å²) in [5.74, 6) is 0.189. The van der Waals surface area contributed by atoms with Gasteiger partial charge in [0, 0.05) is 37.0 Å². The van der Waals surface area contributed by atoms with Crippen LogP contribution >= 0.6 is 0 Å². The zero-order chi connectivity index (χ0) is 14.8. The van der Waals surface area contributed by atoms with Crippen LogP contribution in [0.1, 0.15) is 34.0 Å². The molecule has 3 rings (SSSR count). The molecule has 108 valence electrons. The summed E-state index contributed by atoms with van der Waals surface area (Å²) in [4.78, 5) is 29.1. The molecule has 1 amide bonds. The SMILES string of the molecule is Cc1cc(=O)c(C(=O)N2CCC(c3ccccc3)C2)c[nH]1. The number of aryl methyl sites for hydroxylation is 1. The van der Waals surface area contributed by atoms with Crippen molar-refractivity contribution >= 4 is 5.91 Å². The average Bonchev–Trinajstić information content (AvgIpc) is 2.97. The molecule has 1 atom stereocenters. The molecule has 1 saturated heterocycles. The highest BCUT2D eigenvalue weighted by Gasteiger charge is 2.28. The number of H-pyrrole nitrogens is 1. The highest BCUT2D eigenvalue weighted by atomic mass is 16.2. The van der Waals surface area contributed by atoms with Crippen LogP contribution < -0.4 is 5.43 Å². The highest BCUT2D eigenvalue weighted by Crippen LogP contribution is 2.27. The molecule has 1 fully saturated rings. The van der Waals surface area contributed by atoms with Crippen LogP contribution in [0.3, 0.4) is 0 Å². The summed E-state index contributed by atoms with van der Waals surface area (Å²) in [6.45, 7) is 3.18. The number of amides is 1. The summed E-state index contributed by atoms with van der Waals surface area (Å²) in [5.41, 5.74) is 2.04. The standard InChI is InChI=1S/C17H18N2O2/c1-12-9-16(20)15(10-18-12)17(21)19-8-7-14(11-19)13-5-3-2-4-6-13/h2-6,9-10,14H,7-8,11H2,1H3,(H,18,20). The summed E-state index contributed by atoms with van der Waals surface area (Å²) < 4.78 is 0. The maximum absolute atomic E-state index is 12.5. The van der Waals surface area contributed by atoms with E-state index in [0.29, 0.717) is 19.0 Å². The highest BCUT2D eigenvalue weighted by molar-refractivity contribution is 5.94. The van der Waals surface area contributed by atoms with Gasteiger partial charge < -0.3 is 9.88 Å².